The first-order valence-corrected chi connectivity index (χ1v) is 6.03. The maximum atomic E-state index is 11.4. The van der Waals surface area contributed by atoms with E-state index in [2.05, 4.69) is 15.6 Å². The molecule has 0 unspecified atom stereocenters. The van der Waals surface area contributed by atoms with Crippen molar-refractivity contribution in [1.82, 2.24) is 10.3 Å². The zero-order chi connectivity index (χ0) is 13.0. The molecule has 0 radical (unpaired) electrons. The Labute approximate surface area is 106 Å². The second-order valence-corrected chi connectivity index (χ2v) is 4.29. The van der Waals surface area contributed by atoms with Gasteiger partial charge < -0.3 is 21.1 Å². The van der Waals surface area contributed by atoms with E-state index in [-0.39, 0.29) is 11.8 Å². The molecule has 18 heavy (non-hydrogen) atoms. The van der Waals surface area contributed by atoms with Crippen molar-refractivity contribution in [1.29, 1.82) is 0 Å². The molecule has 1 aliphatic rings. The van der Waals surface area contributed by atoms with Crippen LogP contribution in [-0.2, 0) is 4.79 Å². The summed E-state index contributed by atoms with van der Waals surface area (Å²) in [5.74, 6) is 1.49. The second-order valence-electron chi connectivity index (χ2n) is 4.29. The van der Waals surface area contributed by atoms with Gasteiger partial charge in [-0.2, -0.15) is 4.98 Å². The summed E-state index contributed by atoms with van der Waals surface area (Å²) in [6, 6.07) is 3.51. The molecule has 1 amide bonds. The summed E-state index contributed by atoms with van der Waals surface area (Å²) in [6.45, 7) is 1.21. The lowest BCUT2D eigenvalue weighted by atomic mass is 10.4. The van der Waals surface area contributed by atoms with Gasteiger partial charge >= 0.3 is 0 Å². The number of nitrogens with one attached hydrogen (secondary N) is 2. The van der Waals surface area contributed by atoms with E-state index < -0.39 is 0 Å². The Balaban J connectivity index is 1.74. The van der Waals surface area contributed by atoms with Crippen molar-refractivity contribution in [2.45, 2.75) is 12.8 Å². The molecular formula is C12H18N4O2. The number of pyridine rings is 1. The molecule has 1 heterocycles. The van der Waals surface area contributed by atoms with Gasteiger partial charge in [0.2, 0.25) is 11.8 Å². The van der Waals surface area contributed by atoms with Crippen LogP contribution in [0, 0.1) is 5.92 Å². The number of ether oxygens (including phenoxy) is 1. The van der Waals surface area contributed by atoms with E-state index in [1.165, 1.54) is 7.11 Å². The molecule has 6 nitrogen and oxygen atoms in total. The van der Waals surface area contributed by atoms with Crippen LogP contribution in [-0.4, -0.2) is 31.1 Å². The Kier molecular flexibility index (Phi) is 3.86. The average molecular weight is 250 g/mol. The van der Waals surface area contributed by atoms with Gasteiger partial charge in [0.1, 0.15) is 5.82 Å². The van der Waals surface area contributed by atoms with Crippen LogP contribution in [0.15, 0.2) is 12.1 Å². The Morgan fingerprint density at radius 2 is 2.28 bits per heavy atom. The molecule has 0 saturated heterocycles. The van der Waals surface area contributed by atoms with E-state index >= 15 is 0 Å². The first-order valence-electron chi connectivity index (χ1n) is 6.03. The third kappa shape index (κ3) is 3.26. The van der Waals surface area contributed by atoms with Crippen molar-refractivity contribution in [3.05, 3.63) is 12.1 Å². The Hall–Kier alpha value is -1.98. The minimum Gasteiger partial charge on any atom is -0.479 e. The quantitative estimate of drug-likeness (QED) is 0.644. The van der Waals surface area contributed by atoms with Crippen molar-refractivity contribution in [2.75, 3.05) is 31.2 Å². The van der Waals surface area contributed by atoms with Gasteiger partial charge in [0.15, 0.2) is 0 Å². The van der Waals surface area contributed by atoms with E-state index in [4.69, 9.17) is 10.5 Å². The Morgan fingerprint density at radius 1 is 1.50 bits per heavy atom. The van der Waals surface area contributed by atoms with Crippen molar-refractivity contribution in [3.63, 3.8) is 0 Å². The summed E-state index contributed by atoms with van der Waals surface area (Å²) in [7, 11) is 1.53. The maximum absolute atomic E-state index is 11.4. The number of carbonyl (C=O) groups excluding carboxylic acids is 1. The van der Waals surface area contributed by atoms with Crippen LogP contribution in [0.2, 0.25) is 0 Å². The summed E-state index contributed by atoms with van der Waals surface area (Å²) in [4.78, 5) is 15.6. The number of methoxy groups -OCH3 is 1. The average Bonchev–Trinajstić information content (AvgIpc) is 3.20. The molecule has 1 aromatic rings. The molecule has 0 atom stereocenters. The fraction of sp³-hybridized carbons (Fsp3) is 0.500. The van der Waals surface area contributed by atoms with Gasteiger partial charge in [0, 0.05) is 19.0 Å². The summed E-state index contributed by atoms with van der Waals surface area (Å²) < 4.78 is 5.02. The highest BCUT2D eigenvalue weighted by Gasteiger charge is 2.28. The number of amides is 1. The van der Waals surface area contributed by atoms with Crippen molar-refractivity contribution >= 4 is 17.4 Å². The molecule has 0 aliphatic heterocycles. The Morgan fingerprint density at radius 3 is 2.94 bits per heavy atom. The predicted molar refractivity (Wildman–Crippen MR) is 69.4 cm³/mol. The number of hydrogen-bond donors (Lipinski definition) is 3. The smallest absolute Gasteiger partial charge is 0.238 e. The largest absolute Gasteiger partial charge is 0.479 e. The molecule has 1 saturated carbocycles. The monoisotopic (exact) mass is 250 g/mol. The first kappa shape index (κ1) is 12.5. The zero-order valence-corrected chi connectivity index (χ0v) is 10.4. The number of nitrogens with zero attached hydrogens (tertiary/aromatic N) is 1. The minimum atomic E-state index is 0.152. The van der Waals surface area contributed by atoms with Crippen LogP contribution in [0.5, 0.6) is 5.88 Å². The summed E-state index contributed by atoms with van der Waals surface area (Å²) in [5.41, 5.74) is 6.17. The van der Waals surface area contributed by atoms with Crippen molar-refractivity contribution in [2.24, 2.45) is 5.92 Å². The van der Waals surface area contributed by atoms with Gasteiger partial charge in [0.05, 0.1) is 12.8 Å². The number of anilines is 2. The molecular weight excluding hydrogens is 232 g/mol. The van der Waals surface area contributed by atoms with E-state index in [1.807, 2.05) is 0 Å². The van der Waals surface area contributed by atoms with Gasteiger partial charge in [-0.25, -0.2) is 0 Å². The fourth-order valence-corrected chi connectivity index (χ4v) is 1.58. The van der Waals surface area contributed by atoms with Gasteiger partial charge in [-0.1, -0.05) is 0 Å². The minimum absolute atomic E-state index is 0.152. The lowest BCUT2D eigenvalue weighted by Gasteiger charge is -2.09. The zero-order valence-electron chi connectivity index (χ0n) is 10.4. The fourth-order valence-electron chi connectivity index (χ4n) is 1.58. The normalized spacial score (nSPS) is 14.1. The van der Waals surface area contributed by atoms with E-state index in [1.54, 1.807) is 12.1 Å². The molecule has 0 bridgehead atoms. The lowest BCUT2D eigenvalue weighted by molar-refractivity contribution is -0.122. The lowest BCUT2D eigenvalue weighted by Crippen LogP contribution is -2.29. The number of nitrogen functional groups attached to an aromatic ring is 1. The van der Waals surface area contributed by atoms with Crippen LogP contribution >= 0.6 is 0 Å². The molecule has 6 heteroatoms. The summed E-state index contributed by atoms with van der Waals surface area (Å²) >= 11 is 0. The third-order valence-electron chi connectivity index (χ3n) is 2.76. The number of carbonyl (C=O) groups is 1. The standard InChI is InChI=1S/C12H18N4O2/c1-18-12-9(13)4-5-10(16-12)14-6-7-15-11(17)8-2-3-8/h4-5,8H,2-3,6-7,13H2,1H3,(H,14,16)(H,15,17). The second kappa shape index (κ2) is 5.57. The van der Waals surface area contributed by atoms with Gasteiger partial charge in [-0.05, 0) is 25.0 Å². The van der Waals surface area contributed by atoms with Gasteiger partial charge in [0.25, 0.3) is 0 Å². The SMILES string of the molecule is COc1nc(NCCNC(=O)C2CC2)ccc1N. The van der Waals surface area contributed by atoms with Crippen LogP contribution in [0.3, 0.4) is 0 Å². The van der Waals surface area contributed by atoms with Crippen LogP contribution in [0.4, 0.5) is 11.5 Å². The summed E-state index contributed by atoms with van der Waals surface area (Å²) in [6.07, 6.45) is 2.05. The Bertz CT molecular complexity index is 432. The van der Waals surface area contributed by atoms with Crippen LogP contribution < -0.4 is 21.1 Å². The van der Waals surface area contributed by atoms with Gasteiger partial charge in [-0.15, -0.1) is 0 Å². The molecule has 1 fully saturated rings. The van der Waals surface area contributed by atoms with E-state index in [0.717, 1.165) is 12.8 Å². The third-order valence-corrected chi connectivity index (χ3v) is 2.76. The molecule has 98 valence electrons. The van der Waals surface area contributed by atoms with Crippen molar-refractivity contribution < 1.29 is 9.53 Å². The molecule has 1 aromatic heterocycles. The highest BCUT2D eigenvalue weighted by atomic mass is 16.5. The number of aromatic nitrogens is 1. The molecule has 0 aromatic carbocycles. The highest BCUT2D eigenvalue weighted by molar-refractivity contribution is 5.80. The van der Waals surface area contributed by atoms with E-state index in [9.17, 15) is 4.79 Å². The van der Waals surface area contributed by atoms with Crippen molar-refractivity contribution in [3.8, 4) is 5.88 Å². The number of nitrogens with two attached hydrogens (primary N) is 1. The molecule has 4 N–H and O–H groups in total. The van der Waals surface area contributed by atoms with Crippen LogP contribution in [0.25, 0.3) is 0 Å². The van der Waals surface area contributed by atoms with E-state index in [0.29, 0.717) is 30.5 Å². The molecule has 1 aliphatic carbocycles. The maximum Gasteiger partial charge on any atom is 0.238 e. The molecule has 0 spiro atoms. The topological polar surface area (TPSA) is 89.3 Å². The summed E-state index contributed by atoms with van der Waals surface area (Å²) in [5, 5.41) is 5.97. The number of rotatable bonds is 6. The highest BCUT2D eigenvalue weighted by Crippen LogP contribution is 2.28. The number of hydrogen-bond acceptors (Lipinski definition) is 5. The van der Waals surface area contributed by atoms with Crippen LogP contribution in [0.1, 0.15) is 12.8 Å². The predicted octanol–water partition coefficient (Wildman–Crippen LogP) is 0.610. The first-order chi connectivity index (χ1) is 8.70. The van der Waals surface area contributed by atoms with Gasteiger partial charge in [-0.3, -0.25) is 4.79 Å². The molecule has 2 rings (SSSR count).